The molecule has 0 heterocycles. The highest BCUT2D eigenvalue weighted by molar-refractivity contribution is 9.10. The lowest BCUT2D eigenvalue weighted by Crippen LogP contribution is -1.89. The molecule has 0 spiro atoms. The third-order valence-corrected chi connectivity index (χ3v) is 2.43. The number of benzene rings is 1. The van der Waals surface area contributed by atoms with Crippen LogP contribution in [-0.2, 0) is 17.6 Å². The Bertz CT molecular complexity index is 294. The summed E-state index contributed by atoms with van der Waals surface area (Å²) in [6, 6.07) is 6.35. The minimum Gasteiger partial charge on any atom is -0.303 e. The van der Waals surface area contributed by atoms with Gasteiger partial charge in [-0.1, -0.05) is 28.9 Å². The summed E-state index contributed by atoms with van der Waals surface area (Å²) < 4.78 is 1.10. The van der Waals surface area contributed by atoms with Gasteiger partial charge < -0.3 is 4.79 Å². The molecule has 0 aliphatic carbocycles. The van der Waals surface area contributed by atoms with Crippen molar-refractivity contribution in [3.05, 3.63) is 33.8 Å². The molecular formula is C11H13BrO. The third kappa shape index (κ3) is 3.31. The molecule has 0 fully saturated rings. The lowest BCUT2D eigenvalue weighted by Gasteiger charge is -2.03. The summed E-state index contributed by atoms with van der Waals surface area (Å²) in [5.74, 6) is 0. The maximum atomic E-state index is 10.2. The molecule has 0 N–H and O–H groups in total. The zero-order valence-corrected chi connectivity index (χ0v) is 9.30. The lowest BCUT2D eigenvalue weighted by atomic mass is 10.1. The Kier molecular flexibility index (Phi) is 4.16. The summed E-state index contributed by atoms with van der Waals surface area (Å²) in [5.41, 5.74) is 2.55. The van der Waals surface area contributed by atoms with Crippen LogP contribution in [0.3, 0.4) is 0 Å². The highest BCUT2D eigenvalue weighted by atomic mass is 79.9. The van der Waals surface area contributed by atoms with Crippen LogP contribution in [0.15, 0.2) is 22.7 Å². The fraction of sp³-hybridized carbons (Fsp3) is 0.364. The fourth-order valence-corrected chi connectivity index (χ4v) is 1.88. The minimum atomic E-state index is 0.611. The molecule has 0 saturated carbocycles. The number of carbonyl (C=O) groups excluding carboxylic acids is 1. The molecule has 0 saturated heterocycles. The zero-order chi connectivity index (χ0) is 9.68. The van der Waals surface area contributed by atoms with Crippen molar-refractivity contribution in [3.8, 4) is 0 Å². The van der Waals surface area contributed by atoms with Crippen molar-refractivity contribution in [2.45, 2.75) is 26.2 Å². The van der Waals surface area contributed by atoms with Crippen molar-refractivity contribution in [1.82, 2.24) is 0 Å². The van der Waals surface area contributed by atoms with Gasteiger partial charge >= 0.3 is 0 Å². The summed E-state index contributed by atoms with van der Waals surface area (Å²) in [6.07, 6.45) is 3.45. The highest BCUT2D eigenvalue weighted by Crippen LogP contribution is 2.17. The van der Waals surface area contributed by atoms with Gasteiger partial charge in [0.2, 0.25) is 0 Å². The Hall–Kier alpha value is -0.630. The van der Waals surface area contributed by atoms with Gasteiger partial charge in [0.15, 0.2) is 0 Å². The average Bonchev–Trinajstić information content (AvgIpc) is 2.14. The quantitative estimate of drug-likeness (QED) is 0.740. The summed E-state index contributed by atoms with van der Waals surface area (Å²) in [7, 11) is 0. The molecule has 2 heteroatoms. The summed E-state index contributed by atoms with van der Waals surface area (Å²) >= 11 is 3.46. The first-order chi connectivity index (χ1) is 6.26. The smallest absolute Gasteiger partial charge is 0.120 e. The van der Waals surface area contributed by atoms with Gasteiger partial charge in [-0.15, -0.1) is 0 Å². The first-order valence-corrected chi connectivity index (χ1v) is 5.27. The number of aryl methyl sites for hydroxylation is 2. The van der Waals surface area contributed by atoms with Gasteiger partial charge in [-0.3, -0.25) is 0 Å². The van der Waals surface area contributed by atoms with E-state index >= 15 is 0 Å². The Labute approximate surface area is 87.3 Å². The van der Waals surface area contributed by atoms with E-state index in [0.29, 0.717) is 6.42 Å². The second kappa shape index (κ2) is 5.18. The maximum absolute atomic E-state index is 10.2. The summed E-state index contributed by atoms with van der Waals surface area (Å²) in [6.45, 7) is 2.13. The van der Waals surface area contributed by atoms with Crippen molar-refractivity contribution in [2.24, 2.45) is 0 Å². The van der Waals surface area contributed by atoms with Crippen LogP contribution in [0.5, 0.6) is 0 Å². The predicted molar refractivity (Wildman–Crippen MR) is 57.9 cm³/mol. The van der Waals surface area contributed by atoms with E-state index in [2.05, 4.69) is 41.1 Å². The van der Waals surface area contributed by atoms with E-state index in [4.69, 9.17) is 0 Å². The number of hydrogen-bond donors (Lipinski definition) is 0. The lowest BCUT2D eigenvalue weighted by molar-refractivity contribution is -0.107. The van der Waals surface area contributed by atoms with Gasteiger partial charge in [0.1, 0.15) is 6.29 Å². The topological polar surface area (TPSA) is 17.1 Å². The molecule has 0 aliphatic heterocycles. The average molecular weight is 241 g/mol. The van der Waals surface area contributed by atoms with E-state index < -0.39 is 0 Å². The van der Waals surface area contributed by atoms with Crippen LogP contribution >= 0.6 is 15.9 Å². The summed E-state index contributed by atoms with van der Waals surface area (Å²) in [4.78, 5) is 10.2. The van der Waals surface area contributed by atoms with Crippen LogP contribution in [0.1, 0.15) is 24.5 Å². The molecule has 13 heavy (non-hydrogen) atoms. The molecule has 1 aromatic rings. The van der Waals surface area contributed by atoms with Crippen LogP contribution < -0.4 is 0 Å². The van der Waals surface area contributed by atoms with E-state index in [1.807, 2.05) is 0 Å². The zero-order valence-electron chi connectivity index (χ0n) is 7.72. The number of halogens is 1. The molecule has 1 rings (SSSR count). The standard InChI is InChI=1S/C11H13BrO/c1-2-9-6-10(4-3-5-13)8-11(12)7-9/h5-8H,2-4H2,1H3. The monoisotopic (exact) mass is 240 g/mol. The highest BCUT2D eigenvalue weighted by Gasteiger charge is 1.97. The fourth-order valence-electron chi connectivity index (χ4n) is 1.29. The van der Waals surface area contributed by atoms with Crippen LogP contribution in [0, 0.1) is 0 Å². The Morgan fingerprint density at radius 3 is 2.62 bits per heavy atom. The van der Waals surface area contributed by atoms with Gasteiger partial charge in [0.05, 0.1) is 0 Å². The van der Waals surface area contributed by atoms with Crippen molar-refractivity contribution in [1.29, 1.82) is 0 Å². The molecule has 0 unspecified atom stereocenters. The van der Waals surface area contributed by atoms with E-state index in [-0.39, 0.29) is 0 Å². The van der Waals surface area contributed by atoms with E-state index in [1.165, 1.54) is 11.1 Å². The van der Waals surface area contributed by atoms with Crippen LogP contribution in [0.25, 0.3) is 0 Å². The second-order valence-corrected chi connectivity index (χ2v) is 3.94. The van der Waals surface area contributed by atoms with Crippen molar-refractivity contribution in [2.75, 3.05) is 0 Å². The SMILES string of the molecule is CCc1cc(Br)cc(CCC=O)c1. The van der Waals surface area contributed by atoms with Crippen molar-refractivity contribution >= 4 is 22.2 Å². The van der Waals surface area contributed by atoms with Gasteiger partial charge in [-0.2, -0.15) is 0 Å². The van der Waals surface area contributed by atoms with Crippen LogP contribution in [0.4, 0.5) is 0 Å². The molecule has 0 amide bonds. The number of carbonyl (C=O) groups is 1. The Morgan fingerprint density at radius 1 is 1.31 bits per heavy atom. The largest absolute Gasteiger partial charge is 0.303 e. The number of aldehydes is 1. The Morgan fingerprint density at radius 2 is 2.00 bits per heavy atom. The normalized spacial score (nSPS) is 10.0. The molecule has 0 bridgehead atoms. The Balaban J connectivity index is 2.81. The van der Waals surface area contributed by atoms with E-state index in [9.17, 15) is 4.79 Å². The van der Waals surface area contributed by atoms with Gasteiger partial charge in [-0.05, 0) is 36.1 Å². The number of rotatable bonds is 4. The maximum Gasteiger partial charge on any atom is 0.120 e. The molecule has 0 radical (unpaired) electrons. The molecule has 1 nitrogen and oxygen atoms in total. The molecular weight excluding hydrogens is 228 g/mol. The van der Waals surface area contributed by atoms with Crippen LogP contribution in [-0.4, -0.2) is 6.29 Å². The molecule has 0 aliphatic rings. The second-order valence-electron chi connectivity index (χ2n) is 3.03. The molecule has 0 atom stereocenters. The third-order valence-electron chi connectivity index (χ3n) is 1.98. The predicted octanol–water partition coefficient (Wildman–Crippen LogP) is 3.14. The van der Waals surface area contributed by atoms with Gasteiger partial charge in [0.25, 0.3) is 0 Å². The first kappa shape index (κ1) is 10.5. The summed E-state index contributed by atoms with van der Waals surface area (Å²) in [5, 5.41) is 0. The van der Waals surface area contributed by atoms with E-state index in [1.54, 1.807) is 0 Å². The first-order valence-electron chi connectivity index (χ1n) is 4.48. The van der Waals surface area contributed by atoms with Crippen LogP contribution in [0.2, 0.25) is 0 Å². The van der Waals surface area contributed by atoms with E-state index in [0.717, 1.165) is 23.6 Å². The molecule has 0 aromatic heterocycles. The van der Waals surface area contributed by atoms with Gasteiger partial charge in [0, 0.05) is 10.9 Å². The number of hydrogen-bond acceptors (Lipinski definition) is 1. The molecule has 70 valence electrons. The van der Waals surface area contributed by atoms with Gasteiger partial charge in [-0.25, -0.2) is 0 Å². The molecule has 1 aromatic carbocycles. The van der Waals surface area contributed by atoms with Crippen molar-refractivity contribution < 1.29 is 4.79 Å². The minimum absolute atomic E-state index is 0.611. The van der Waals surface area contributed by atoms with Crippen molar-refractivity contribution in [3.63, 3.8) is 0 Å².